The minimum Gasteiger partial charge on any atom is -0.465 e. The van der Waals surface area contributed by atoms with Crippen molar-refractivity contribution in [1.82, 2.24) is 9.97 Å². The van der Waals surface area contributed by atoms with E-state index in [1.165, 1.54) is 13.3 Å². The summed E-state index contributed by atoms with van der Waals surface area (Å²) in [5.74, 6) is -0.376. The van der Waals surface area contributed by atoms with Crippen molar-refractivity contribution in [2.75, 3.05) is 7.11 Å². The minimum absolute atomic E-state index is 0.376. The smallest absolute Gasteiger partial charge is 0.339 e. The molecule has 0 saturated carbocycles. The number of pyridine rings is 1. The molecule has 0 aliphatic rings. The summed E-state index contributed by atoms with van der Waals surface area (Å²) in [5, 5.41) is 1.11. The number of nitrogens with zero attached hydrogens (tertiary/aromatic N) is 1. The van der Waals surface area contributed by atoms with E-state index in [4.69, 9.17) is 0 Å². The van der Waals surface area contributed by atoms with Crippen molar-refractivity contribution in [3.8, 4) is 11.3 Å². The van der Waals surface area contributed by atoms with E-state index in [1.807, 2.05) is 36.5 Å². The van der Waals surface area contributed by atoms with Gasteiger partial charge in [0.05, 0.1) is 18.4 Å². The highest BCUT2D eigenvalue weighted by Gasteiger charge is 2.08. The third kappa shape index (κ3) is 1.97. The number of esters is 1. The molecule has 4 nitrogen and oxygen atoms in total. The summed E-state index contributed by atoms with van der Waals surface area (Å²) >= 11 is 0. The van der Waals surface area contributed by atoms with E-state index in [2.05, 4.69) is 14.7 Å². The lowest BCUT2D eigenvalue weighted by atomic mass is 10.1. The normalized spacial score (nSPS) is 10.6. The third-order valence-corrected chi connectivity index (χ3v) is 3.06. The maximum Gasteiger partial charge on any atom is 0.339 e. The molecule has 19 heavy (non-hydrogen) atoms. The Balaban J connectivity index is 2.07. The number of H-pyrrole nitrogens is 1. The lowest BCUT2D eigenvalue weighted by molar-refractivity contribution is 0.0600. The highest BCUT2D eigenvalue weighted by Crippen LogP contribution is 2.26. The molecule has 2 aromatic heterocycles. The summed E-state index contributed by atoms with van der Waals surface area (Å²) in [4.78, 5) is 18.9. The molecule has 0 fully saturated rings. The van der Waals surface area contributed by atoms with Crippen LogP contribution in [0.25, 0.3) is 22.2 Å². The van der Waals surface area contributed by atoms with E-state index < -0.39 is 0 Å². The fourth-order valence-electron chi connectivity index (χ4n) is 2.10. The van der Waals surface area contributed by atoms with Crippen molar-refractivity contribution in [3.05, 3.63) is 54.4 Å². The number of aromatic nitrogens is 2. The molecule has 0 aliphatic carbocycles. The summed E-state index contributed by atoms with van der Waals surface area (Å²) in [5.41, 5.74) is 3.39. The molecule has 0 unspecified atom stereocenters. The van der Waals surface area contributed by atoms with Crippen molar-refractivity contribution in [2.45, 2.75) is 0 Å². The van der Waals surface area contributed by atoms with E-state index in [9.17, 15) is 4.79 Å². The Kier molecular flexibility index (Phi) is 2.76. The summed E-state index contributed by atoms with van der Waals surface area (Å²) in [6, 6.07) is 11.6. The minimum atomic E-state index is -0.376. The fourth-order valence-corrected chi connectivity index (χ4v) is 2.10. The molecule has 3 aromatic rings. The molecule has 94 valence electrons. The van der Waals surface area contributed by atoms with E-state index >= 15 is 0 Å². The number of nitrogens with one attached hydrogen (secondary N) is 1. The van der Waals surface area contributed by atoms with Crippen molar-refractivity contribution in [2.24, 2.45) is 0 Å². The quantitative estimate of drug-likeness (QED) is 0.713. The van der Waals surface area contributed by atoms with Gasteiger partial charge in [-0.25, -0.2) is 4.79 Å². The van der Waals surface area contributed by atoms with Crippen molar-refractivity contribution < 1.29 is 9.53 Å². The van der Waals surface area contributed by atoms with E-state index in [0.717, 1.165) is 22.2 Å². The molecule has 2 heterocycles. The van der Waals surface area contributed by atoms with Crippen LogP contribution >= 0.6 is 0 Å². The van der Waals surface area contributed by atoms with Gasteiger partial charge in [-0.15, -0.1) is 0 Å². The van der Waals surface area contributed by atoms with E-state index in [0.29, 0.717) is 5.56 Å². The Labute approximate surface area is 110 Å². The van der Waals surface area contributed by atoms with Gasteiger partial charge >= 0.3 is 5.97 Å². The van der Waals surface area contributed by atoms with Gasteiger partial charge in [-0.2, -0.15) is 0 Å². The second kappa shape index (κ2) is 4.57. The zero-order valence-electron chi connectivity index (χ0n) is 10.4. The molecule has 0 saturated heterocycles. The van der Waals surface area contributed by atoms with Crippen LogP contribution in [0.2, 0.25) is 0 Å². The first-order valence-electron chi connectivity index (χ1n) is 5.90. The second-order valence-electron chi connectivity index (χ2n) is 4.17. The molecule has 0 atom stereocenters. The standard InChI is InChI=1S/C15H12N2O2/c1-19-15(18)10-5-6-14(17-9-10)11-3-2-4-13-12(11)7-8-16-13/h2-9,16H,1H3. The zero-order chi connectivity index (χ0) is 13.2. The highest BCUT2D eigenvalue weighted by molar-refractivity contribution is 5.95. The summed E-state index contributed by atoms with van der Waals surface area (Å²) in [6.45, 7) is 0. The van der Waals surface area contributed by atoms with Crippen LogP contribution in [0.5, 0.6) is 0 Å². The summed E-state index contributed by atoms with van der Waals surface area (Å²) < 4.78 is 4.66. The van der Waals surface area contributed by atoms with Gasteiger partial charge < -0.3 is 9.72 Å². The molecular formula is C15H12N2O2. The van der Waals surface area contributed by atoms with E-state index in [-0.39, 0.29) is 5.97 Å². The maximum atomic E-state index is 11.4. The first-order valence-corrected chi connectivity index (χ1v) is 5.90. The average Bonchev–Trinajstić information content (AvgIpc) is 2.95. The number of carbonyl (C=O) groups is 1. The first kappa shape index (κ1) is 11.5. The highest BCUT2D eigenvalue weighted by atomic mass is 16.5. The Morgan fingerprint density at radius 2 is 2.11 bits per heavy atom. The van der Waals surface area contributed by atoms with Gasteiger partial charge in [0, 0.05) is 28.9 Å². The number of hydrogen-bond acceptors (Lipinski definition) is 3. The molecule has 1 N–H and O–H groups in total. The van der Waals surface area contributed by atoms with Gasteiger partial charge in [0.15, 0.2) is 0 Å². The van der Waals surface area contributed by atoms with Crippen LogP contribution in [0.1, 0.15) is 10.4 Å². The Bertz CT molecular complexity index is 729. The van der Waals surface area contributed by atoms with Crippen LogP contribution in [0.3, 0.4) is 0 Å². The van der Waals surface area contributed by atoms with E-state index in [1.54, 1.807) is 6.07 Å². The van der Waals surface area contributed by atoms with Gasteiger partial charge in [-0.3, -0.25) is 4.98 Å². The molecule has 0 aliphatic heterocycles. The number of hydrogen-bond donors (Lipinski definition) is 1. The van der Waals surface area contributed by atoms with Crippen molar-refractivity contribution >= 4 is 16.9 Å². The fraction of sp³-hybridized carbons (Fsp3) is 0.0667. The molecule has 3 rings (SSSR count). The van der Waals surface area contributed by atoms with Crippen LogP contribution in [0, 0.1) is 0 Å². The molecule has 0 radical (unpaired) electrons. The molecule has 4 heteroatoms. The number of fused-ring (bicyclic) bond motifs is 1. The second-order valence-corrected chi connectivity index (χ2v) is 4.17. The SMILES string of the molecule is COC(=O)c1ccc(-c2cccc3[nH]ccc23)nc1. The van der Waals surface area contributed by atoms with Gasteiger partial charge in [0.1, 0.15) is 0 Å². The van der Waals surface area contributed by atoms with Gasteiger partial charge in [0.25, 0.3) is 0 Å². The monoisotopic (exact) mass is 252 g/mol. The number of carbonyl (C=O) groups excluding carboxylic acids is 1. The number of methoxy groups -OCH3 is 1. The van der Waals surface area contributed by atoms with Gasteiger partial charge in [-0.05, 0) is 24.3 Å². The average molecular weight is 252 g/mol. The van der Waals surface area contributed by atoms with Crippen LogP contribution < -0.4 is 0 Å². The molecule has 0 spiro atoms. The molecule has 0 amide bonds. The lowest BCUT2D eigenvalue weighted by Gasteiger charge is -2.04. The van der Waals surface area contributed by atoms with Crippen molar-refractivity contribution in [3.63, 3.8) is 0 Å². The molecule has 1 aromatic carbocycles. The first-order chi connectivity index (χ1) is 9.29. The molecular weight excluding hydrogens is 240 g/mol. The third-order valence-electron chi connectivity index (χ3n) is 3.06. The van der Waals surface area contributed by atoms with Gasteiger partial charge in [0.2, 0.25) is 0 Å². The summed E-state index contributed by atoms with van der Waals surface area (Å²) in [6.07, 6.45) is 3.43. The van der Waals surface area contributed by atoms with Crippen LogP contribution in [-0.4, -0.2) is 23.0 Å². The predicted molar refractivity (Wildman–Crippen MR) is 72.9 cm³/mol. The Hall–Kier alpha value is -2.62. The topological polar surface area (TPSA) is 55.0 Å². The van der Waals surface area contributed by atoms with Crippen LogP contribution in [0.15, 0.2) is 48.8 Å². The largest absolute Gasteiger partial charge is 0.465 e. The molecule has 0 bridgehead atoms. The number of aromatic amines is 1. The van der Waals surface area contributed by atoms with Crippen LogP contribution in [0.4, 0.5) is 0 Å². The van der Waals surface area contributed by atoms with Gasteiger partial charge in [-0.1, -0.05) is 12.1 Å². The summed E-state index contributed by atoms with van der Waals surface area (Å²) in [7, 11) is 1.36. The maximum absolute atomic E-state index is 11.4. The Morgan fingerprint density at radius 3 is 2.84 bits per heavy atom. The zero-order valence-corrected chi connectivity index (χ0v) is 10.4. The number of benzene rings is 1. The Morgan fingerprint density at radius 1 is 1.21 bits per heavy atom. The van der Waals surface area contributed by atoms with Crippen molar-refractivity contribution in [1.29, 1.82) is 0 Å². The number of ether oxygens (including phenoxy) is 1. The predicted octanol–water partition coefficient (Wildman–Crippen LogP) is 3.02. The van der Waals surface area contributed by atoms with Crippen LogP contribution in [-0.2, 0) is 4.74 Å². The number of rotatable bonds is 2. The lowest BCUT2D eigenvalue weighted by Crippen LogP contribution is -2.01.